The van der Waals surface area contributed by atoms with Crippen molar-refractivity contribution in [2.45, 2.75) is 0 Å². The number of nitrogens with zero attached hydrogens (tertiary/aromatic N) is 2. The van der Waals surface area contributed by atoms with Crippen molar-refractivity contribution in [3.05, 3.63) is 36.7 Å². The van der Waals surface area contributed by atoms with Crippen molar-refractivity contribution in [2.75, 3.05) is 5.73 Å². The van der Waals surface area contributed by atoms with Gasteiger partial charge in [0.2, 0.25) is 0 Å². The molecule has 66 valence electrons. The van der Waals surface area contributed by atoms with Crippen LogP contribution in [-0.2, 0) is 0 Å². The molecule has 4 heteroatoms. The summed E-state index contributed by atoms with van der Waals surface area (Å²) in [5.74, 6) is 0.186. The largest absolute Gasteiger partial charge is 0.506 e. The lowest BCUT2D eigenvalue weighted by Gasteiger charge is -2.02. The highest BCUT2D eigenvalue weighted by atomic mass is 16.3. The van der Waals surface area contributed by atoms with E-state index in [1.807, 2.05) is 6.07 Å². The van der Waals surface area contributed by atoms with E-state index in [1.165, 1.54) is 10.9 Å². The fourth-order valence-electron chi connectivity index (χ4n) is 1.13. The van der Waals surface area contributed by atoms with Crippen molar-refractivity contribution >= 4 is 5.69 Å². The van der Waals surface area contributed by atoms with E-state index in [9.17, 15) is 5.11 Å². The van der Waals surface area contributed by atoms with Crippen molar-refractivity contribution in [1.29, 1.82) is 0 Å². The Morgan fingerprint density at radius 3 is 2.69 bits per heavy atom. The zero-order valence-corrected chi connectivity index (χ0v) is 6.88. The van der Waals surface area contributed by atoms with Crippen LogP contribution in [0.4, 0.5) is 5.69 Å². The molecule has 4 nitrogen and oxygen atoms in total. The van der Waals surface area contributed by atoms with E-state index in [4.69, 9.17) is 5.73 Å². The molecule has 0 bridgehead atoms. The van der Waals surface area contributed by atoms with Crippen LogP contribution in [0.25, 0.3) is 5.69 Å². The molecule has 0 saturated carbocycles. The van der Waals surface area contributed by atoms with E-state index >= 15 is 0 Å². The number of rotatable bonds is 1. The van der Waals surface area contributed by atoms with Crippen molar-refractivity contribution in [2.24, 2.45) is 0 Å². The number of nitrogen functional groups attached to an aromatic ring is 1. The van der Waals surface area contributed by atoms with Crippen LogP contribution >= 0.6 is 0 Å². The lowest BCUT2D eigenvalue weighted by Crippen LogP contribution is -1.93. The molecule has 0 aliphatic carbocycles. The number of aromatic hydroxyl groups is 1. The first-order chi connectivity index (χ1) is 6.27. The molecule has 13 heavy (non-hydrogen) atoms. The number of aromatic nitrogens is 2. The smallest absolute Gasteiger partial charge is 0.141 e. The quantitative estimate of drug-likeness (QED) is 0.683. The van der Waals surface area contributed by atoms with Crippen molar-refractivity contribution < 1.29 is 5.11 Å². The Hall–Kier alpha value is -1.97. The van der Waals surface area contributed by atoms with E-state index in [0.29, 0.717) is 11.4 Å². The van der Waals surface area contributed by atoms with Gasteiger partial charge < -0.3 is 10.8 Å². The van der Waals surface area contributed by atoms with E-state index < -0.39 is 0 Å². The summed E-state index contributed by atoms with van der Waals surface area (Å²) < 4.78 is 1.53. The molecule has 3 N–H and O–H groups in total. The van der Waals surface area contributed by atoms with Gasteiger partial charge >= 0.3 is 0 Å². The van der Waals surface area contributed by atoms with Gasteiger partial charge in [0, 0.05) is 0 Å². The molecular formula is C9H9N3O. The zero-order valence-electron chi connectivity index (χ0n) is 6.88. The Bertz CT molecular complexity index is 422. The summed E-state index contributed by atoms with van der Waals surface area (Å²) in [6, 6.07) is 6.95. The van der Waals surface area contributed by atoms with E-state index in [2.05, 4.69) is 5.10 Å². The minimum Gasteiger partial charge on any atom is -0.506 e. The third-order valence-electron chi connectivity index (χ3n) is 1.73. The third kappa shape index (κ3) is 1.33. The standard InChI is InChI=1S/C9H9N3O/c10-7-5-11-12(6-7)8-3-1-2-4-9(8)13/h1-6,13H,10H2. The van der Waals surface area contributed by atoms with Crippen LogP contribution in [-0.4, -0.2) is 14.9 Å². The number of para-hydroxylation sites is 2. The normalized spacial score (nSPS) is 10.2. The van der Waals surface area contributed by atoms with Gasteiger partial charge in [-0.05, 0) is 12.1 Å². The topological polar surface area (TPSA) is 64.1 Å². The minimum absolute atomic E-state index is 0.186. The second-order valence-corrected chi connectivity index (χ2v) is 2.71. The summed E-state index contributed by atoms with van der Waals surface area (Å²) in [6.07, 6.45) is 3.18. The molecule has 1 aromatic heterocycles. The Kier molecular flexibility index (Phi) is 1.66. The Labute approximate surface area is 75.2 Å². The summed E-state index contributed by atoms with van der Waals surface area (Å²) in [7, 11) is 0. The average molecular weight is 175 g/mol. The summed E-state index contributed by atoms with van der Waals surface area (Å²) in [5.41, 5.74) is 6.70. The maximum absolute atomic E-state index is 9.47. The molecule has 0 radical (unpaired) electrons. The molecule has 0 saturated heterocycles. The molecule has 0 fully saturated rings. The van der Waals surface area contributed by atoms with E-state index in [0.717, 1.165) is 0 Å². The molecule has 0 amide bonds. The lowest BCUT2D eigenvalue weighted by atomic mass is 10.3. The summed E-state index contributed by atoms with van der Waals surface area (Å²) >= 11 is 0. The van der Waals surface area contributed by atoms with Gasteiger partial charge in [0.25, 0.3) is 0 Å². The molecule has 0 atom stereocenters. The van der Waals surface area contributed by atoms with Gasteiger partial charge in [0.15, 0.2) is 0 Å². The second kappa shape index (κ2) is 2.82. The summed E-state index contributed by atoms with van der Waals surface area (Å²) in [6.45, 7) is 0. The zero-order chi connectivity index (χ0) is 9.26. The second-order valence-electron chi connectivity index (χ2n) is 2.71. The molecule has 2 aromatic rings. The lowest BCUT2D eigenvalue weighted by molar-refractivity contribution is 0.470. The van der Waals surface area contributed by atoms with Gasteiger partial charge in [-0.15, -0.1) is 0 Å². The summed E-state index contributed by atoms with van der Waals surface area (Å²) in [4.78, 5) is 0. The first-order valence-corrected chi connectivity index (χ1v) is 3.86. The van der Waals surface area contributed by atoms with Crippen LogP contribution in [0.15, 0.2) is 36.7 Å². The van der Waals surface area contributed by atoms with Crippen LogP contribution in [0.1, 0.15) is 0 Å². The molecule has 0 aliphatic heterocycles. The van der Waals surface area contributed by atoms with Gasteiger partial charge in [-0.1, -0.05) is 12.1 Å². The SMILES string of the molecule is Nc1cnn(-c2ccccc2O)c1. The minimum atomic E-state index is 0.186. The molecule has 0 spiro atoms. The van der Waals surface area contributed by atoms with Crippen LogP contribution < -0.4 is 5.73 Å². The first kappa shape index (κ1) is 7.67. The van der Waals surface area contributed by atoms with Crippen molar-refractivity contribution in [1.82, 2.24) is 9.78 Å². The van der Waals surface area contributed by atoms with Gasteiger partial charge in [-0.25, -0.2) is 4.68 Å². The fraction of sp³-hybridized carbons (Fsp3) is 0. The highest BCUT2D eigenvalue weighted by Crippen LogP contribution is 2.20. The number of phenols is 1. The Morgan fingerprint density at radius 1 is 1.31 bits per heavy atom. The number of nitrogens with two attached hydrogens (primary N) is 1. The molecule has 1 heterocycles. The van der Waals surface area contributed by atoms with Crippen LogP contribution in [0.5, 0.6) is 5.75 Å². The van der Waals surface area contributed by atoms with Gasteiger partial charge in [0.1, 0.15) is 11.4 Å². The molecule has 1 aromatic carbocycles. The number of phenolic OH excluding ortho intramolecular Hbond substituents is 1. The maximum atomic E-state index is 9.47. The Morgan fingerprint density at radius 2 is 2.08 bits per heavy atom. The van der Waals surface area contributed by atoms with E-state index in [1.54, 1.807) is 24.4 Å². The van der Waals surface area contributed by atoms with Gasteiger partial charge in [-0.2, -0.15) is 5.10 Å². The average Bonchev–Trinajstić information content (AvgIpc) is 2.53. The predicted molar refractivity (Wildman–Crippen MR) is 49.6 cm³/mol. The van der Waals surface area contributed by atoms with E-state index in [-0.39, 0.29) is 5.75 Å². The maximum Gasteiger partial charge on any atom is 0.141 e. The fourth-order valence-corrected chi connectivity index (χ4v) is 1.13. The number of benzene rings is 1. The number of hydrogen-bond donors (Lipinski definition) is 2. The monoisotopic (exact) mass is 175 g/mol. The van der Waals surface area contributed by atoms with Crippen molar-refractivity contribution in [3.63, 3.8) is 0 Å². The summed E-state index contributed by atoms with van der Waals surface area (Å²) in [5, 5.41) is 13.5. The van der Waals surface area contributed by atoms with Gasteiger partial charge in [0.05, 0.1) is 18.1 Å². The first-order valence-electron chi connectivity index (χ1n) is 3.86. The number of hydrogen-bond acceptors (Lipinski definition) is 3. The molecule has 2 rings (SSSR count). The van der Waals surface area contributed by atoms with Crippen LogP contribution in [0, 0.1) is 0 Å². The van der Waals surface area contributed by atoms with Crippen LogP contribution in [0.3, 0.4) is 0 Å². The Balaban J connectivity index is 2.52. The van der Waals surface area contributed by atoms with Crippen molar-refractivity contribution in [3.8, 4) is 11.4 Å². The third-order valence-corrected chi connectivity index (χ3v) is 1.73. The highest BCUT2D eigenvalue weighted by Gasteiger charge is 2.02. The molecule has 0 aliphatic rings. The molecule has 0 unspecified atom stereocenters. The highest BCUT2D eigenvalue weighted by molar-refractivity contribution is 5.46. The van der Waals surface area contributed by atoms with Gasteiger partial charge in [-0.3, -0.25) is 0 Å². The molecular weight excluding hydrogens is 166 g/mol. The van der Waals surface area contributed by atoms with Crippen LogP contribution in [0.2, 0.25) is 0 Å². The number of anilines is 1. The predicted octanol–water partition coefficient (Wildman–Crippen LogP) is 1.16.